The maximum atomic E-state index is 17.6. The summed E-state index contributed by atoms with van der Waals surface area (Å²) in [7, 11) is 0. The molecule has 0 unspecified atom stereocenters. The van der Waals surface area contributed by atoms with Crippen LogP contribution in [-0.4, -0.2) is 39.6 Å². The number of nitriles is 1. The van der Waals surface area contributed by atoms with Crippen molar-refractivity contribution in [1.82, 2.24) is 0 Å². The average molecular weight is 464 g/mol. The first-order valence-corrected chi connectivity index (χ1v) is 13.2. The highest BCUT2D eigenvalue weighted by Gasteiger charge is 2.74. The van der Waals surface area contributed by atoms with E-state index in [1.165, 1.54) is 13.0 Å². The normalized spacial score (nSPS) is 45.7. The zero-order valence-electron chi connectivity index (χ0n) is 18.6. The summed E-state index contributed by atoms with van der Waals surface area (Å²) >= 11 is 3.43. The zero-order chi connectivity index (χ0) is 22.7. The van der Waals surface area contributed by atoms with Crippen LogP contribution in [0.1, 0.15) is 52.9 Å². The molecule has 0 spiro atoms. The topological polar surface area (TPSA) is 67.2 Å². The molecule has 4 rings (SSSR count). The number of carbonyl (C=O) groups excluding carboxylic acids is 2. The monoisotopic (exact) mass is 463 g/mol. The van der Waals surface area contributed by atoms with Crippen LogP contribution in [0.4, 0.5) is 4.39 Å². The van der Waals surface area contributed by atoms with E-state index in [0.717, 1.165) is 18.4 Å². The van der Waals surface area contributed by atoms with Gasteiger partial charge in [-0.2, -0.15) is 5.26 Å². The first kappa shape index (κ1) is 22.9. The lowest BCUT2D eigenvalue weighted by molar-refractivity contribution is -0.209. The number of fused-ring (bicyclic) bond motifs is 5. The molecule has 31 heavy (non-hydrogen) atoms. The Morgan fingerprint density at radius 1 is 1.35 bits per heavy atom. The van der Waals surface area contributed by atoms with E-state index in [9.17, 15) is 14.9 Å². The Hall–Kier alpha value is -1.26. The molecule has 7 heteroatoms. The molecule has 0 aromatic heterocycles. The van der Waals surface area contributed by atoms with Gasteiger partial charge in [-0.3, -0.25) is 9.59 Å². The first-order chi connectivity index (χ1) is 14.6. The molecule has 0 bridgehead atoms. The number of alkyl halides is 1. The highest BCUT2D eigenvalue weighted by Crippen LogP contribution is 2.74. The Balaban J connectivity index is 1.84. The summed E-state index contributed by atoms with van der Waals surface area (Å²) in [6.45, 7) is 5.43. The summed E-state index contributed by atoms with van der Waals surface area (Å²) in [6.07, 6.45) is 9.51. The van der Waals surface area contributed by atoms with Crippen molar-refractivity contribution in [2.75, 3.05) is 12.0 Å². The van der Waals surface area contributed by atoms with E-state index >= 15 is 4.39 Å². The number of rotatable bonds is 4. The standard InChI is InChI=1S/C24H30FNO3S2/c1-15(27)29-20-14-22(3)18(8-10-23(22,30-4)31-12-11-26)19-6-5-16-13-17(28)7-9-21(16,2)24(19,20)25/h7,9,13,18-20H,5-6,8,10,12,14H2,1-4H3/t18-,19-,20-,21-,22-,23+,24-/m0/s1. The molecule has 0 aliphatic heterocycles. The number of ether oxygens (including phenoxy) is 1. The predicted octanol–water partition coefficient (Wildman–Crippen LogP) is 5.24. The van der Waals surface area contributed by atoms with Gasteiger partial charge >= 0.3 is 5.97 Å². The van der Waals surface area contributed by atoms with Crippen molar-refractivity contribution in [3.05, 3.63) is 23.8 Å². The average Bonchev–Trinajstić information content (AvgIpc) is 3.00. The molecule has 3 fully saturated rings. The van der Waals surface area contributed by atoms with Crippen LogP contribution in [0.2, 0.25) is 0 Å². The fourth-order valence-electron chi connectivity index (χ4n) is 7.23. The van der Waals surface area contributed by atoms with E-state index in [0.29, 0.717) is 25.0 Å². The van der Waals surface area contributed by atoms with Gasteiger partial charge in [-0.05, 0) is 68.8 Å². The van der Waals surface area contributed by atoms with Crippen molar-refractivity contribution in [3.63, 3.8) is 0 Å². The second-order valence-electron chi connectivity index (χ2n) is 9.79. The second kappa shape index (κ2) is 7.66. The third kappa shape index (κ3) is 3.00. The summed E-state index contributed by atoms with van der Waals surface area (Å²) in [5.74, 6) is -0.327. The molecular formula is C24H30FNO3S2. The van der Waals surface area contributed by atoms with Gasteiger partial charge in [0, 0.05) is 18.3 Å². The van der Waals surface area contributed by atoms with Crippen LogP contribution in [0.3, 0.4) is 0 Å². The number of carbonyl (C=O) groups is 2. The predicted molar refractivity (Wildman–Crippen MR) is 122 cm³/mol. The first-order valence-electron chi connectivity index (χ1n) is 10.9. The van der Waals surface area contributed by atoms with Gasteiger partial charge in [0.15, 0.2) is 11.5 Å². The summed E-state index contributed by atoms with van der Waals surface area (Å²) < 4.78 is 23.1. The van der Waals surface area contributed by atoms with Gasteiger partial charge in [-0.1, -0.05) is 18.6 Å². The quantitative estimate of drug-likeness (QED) is 0.419. The number of allylic oxidation sites excluding steroid dienone is 4. The van der Waals surface area contributed by atoms with Gasteiger partial charge in [0.25, 0.3) is 0 Å². The summed E-state index contributed by atoms with van der Waals surface area (Å²) in [5.41, 5.74) is -2.18. The second-order valence-corrected chi connectivity index (χ2v) is 12.4. The Bertz CT molecular complexity index is 913. The maximum Gasteiger partial charge on any atom is 0.303 e. The van der Waals surface area contributed by atoms with E-state index in [2.05, 4.69) is 19.2 Å². The van der Waals surface area contributed by atoms with Crippen LogP contribution in [-0.2, 0) is 14.3 Å². The number of halogens is 1. The van der Waals surface area contributed by atoms with Crippen LogP contribution in [0.25, 0.3) is 0 Å². The minimum Gasteiger partial charge on any atom is -0.459 e. The highest BCUT2D eigenvalue weighted by atomic mass is 32.2. The molecule has 0 heterocycles. The molecule has 0 amide bonds. The number of thioether (sulfide) groups is 2. The van der Waals surface area contributed by atoms with Crippen molar-refractivity contribution in [3.8, 4) is 6.07 Å². The van der Waals surface area contributed by atoms with Crippen LogP contribution >= 0.6 is 23.5 Å². The molecule has 0 radical (unpaired) electrons. The van der Waals surface area contributed by atoms with E-state index in [4.69, 9.17) is 4.74 Å². The molecule has 0 aromatic carbocycles. The van der Waals surface area contributed by atoms with Gasteiger partial charge in [-0.25, -0.2) is 4.39 Å². The fourth-order valence-corrected chi connectivity index (χ4v) is 10.0. The minimum absolute atomic E-state index is 0.102. The van der Waals surface area contributed by atoms with Gasteiger partial charge in [0.2, 0.25) is 0 Å². The van der Waals surface area contributed by atoms with Crippen LogP contribution in [0, 0.1) is 34.0 Å². The Labute approximate surface area is 192 Å². The van der Waals surface area contributed by atoms with Gasteiger partial charge in [-0.15, -0.1) is 23.5 Å². The Kier molecular flexibility index (Phi) is 5.66. The molecule has 4 aliphatic rings. The summed E-state index contributed by atoms with van der Waals surface area (Å²) in [6, 6.07) is 2.26. The van der Waals surface area contributed by atoms with Crippen LogP contribution in [0.5, 0.6) is 0 Å². The van der Waals surface area contributed by atoms with E-state index < -0.39 is 23.2 Å². The molecule has 168 valence electrons. The smallest absolute Gasteiger partial charge is 0.303 e. The SMILES string of the molecule is CS[C@@]1(SCC#N)CC[C@H]2[C@@H]3CCC4=CC(=O)C=C[C@]4(C)[C@@]3(F)[C@@H](OC(C)=O)C[C@@]21C. The van der Waals surface area contributed by atoms with Crippen molar-refractivity contribution in [2.45, 2.75) is 68.7 Å². The molecule has 4 nitrogen and oxygen atoms in total. The van der Waals surface area contributed by atoms with Crippen molar-refractivity contribution in [2.24, 2.45) is 22.7 Å². The van der Waals surface area contributed by atoms with Crippen molar-refractivity contribution < 1.29 is 18.7 Å². The molecular weight excluding hydrogens is 433 g/mol. The largest absolute Gasteiger partial charge is 0.459 e. The number of hydrogen-bond donors (Lipinski definition) is 0. The number of esters is 1. The zero-order valence-corrected chi connectivity index (χ0v) is 20.2. The van der Waals surface area contributed by atoms with E-state index in [1.54, 1.807) is 35.7 Å². The number of hydrogen-bond acceptors (Lipinski definition) is 6. The minimum atomic E-state index is -1.77. The van der Waals surface area contributed by atoms with Gasteiger partial charge < -0.3 is 4.74 Å². The van der Waals surface area contributed by atoms with Crippen LogP contribution in [0.15, 0.2) is 23.8 Å². The lowest BCUT2D eigenvalue weighted by Gasteiger charge is -2.63. The molecule has 3 saturated carbocycles. The number of nitrogens with zero attached hydrogens (tertiary/aromatic N) is 1. The Morgan fingerprint density at radius 3 is 2.74 bits per heavy atom. The lowest BCUT2D eigenvalue weighted by Crippen LogP contribution is -2.68. The van der Waals surface area contributed by atoms with E-state index in [-0.39, 0.29) is 27.1 Å². The number of ketones is 1. The van der Waals surface area contributed by atoms with Crippen molar-refractivity contribution >= 4 is 35.3 Å². The molecule has 4 aliphatic carbocycles. The third-order valence-corrected chi connectivity index (χ3v) is 12.3. The molecule has 7 atom stereocenters. The molecule has 0 aromatic rings. The molecule has 0 N–H and O–H groups in total. The highest BCUT2D eigenvalue weighted by molar-refractivity contribution is 8.18. The fraction of sp³-hybridized carbons (Fsp3) is 0.708. The third-order valence-electron chi connectivity index (χ3n) is 8.67. The van der Waals surface area contributed by atoms with Crippen molar-refractivity contribution in [1.29, 1.82) is 5.26 Å². The summed E-state index contributed by atoms with van der Waals surface area (Å²) in [5, 5.41) is 9.25. The van der Waals surface area contributed by atoms with Crippen LogP contribution < -0.4 is 0 Å². The van der Waals surface area contributed by atoms with E-state index in [1.807, 2.05) is 6.92 Å². The molecule has 0 saturated heterocycles. The Morgan fingerprint density at radius 2 is 2.10 bits per heavy atom. The van der Waals surface area contributed by atoms with Gasteiger partial charge in [0.05, 0.1) is 15.9 Å². The maximum absolute atomic E-state index is 17.6. The lowest BCUT2D eigenvalue weighted by atomic mass is 9.46. The summed E-state index contributed by atoms with van der Waals surface area (Å²) in [4.78, 5) is 24.2. The van der Waals surface area contributed by atoms with Gasteiger partial charge in [0.1, 0.15) is 6.10 Å².